The quantitative estimate of drug-likeness (QED) is 0.402. The first kappa shape index (κ1) is 23.8. The number of rotatable bonds is 6. The number of benzene rings is 4. The molecule has 0 spiro atoms. The molecule has 1 N–H and O–H groups in total. The van der Waals surface area contributed by atoms with Crippen molar-refractivity contribution < 1.29 is 35.7 Å². The largest absolute Gasteiger partial charge is 1.00 e. The highest BCUT2D eigenvalue weighted by Gasteiger charge is 2.46. The number of hydrogen-bond acceptors (Lipinski definition) is 1. The molecule has 2 nitrogen and oxygen atoms in total. The standard InChI is InChI=1S/C26H19F2O2P.BrH/c27-24-19(16-17-23(25(24)28)26(29)30)18-31(20-10-4-1-5-11-20,21-12-6-2-7-13-21)22-14-8-3-9-15-22;/h1-17H,18H2;1H. The summed E-state index contributed by atoms with van der Waals surface area (Å²) < 4.78 is 29.6. The zero-order valence-corrected chi connectivity index (χ0v) is 19.4. The summed E-state index contributed by atoms with van der Waals surface area (Å²) >= 11 is 0. The molecule has 0 atom stereocenters. The molecule has 4 aromatic carbocycles. The maximum Gasteiger partial charge on any atom is 0.338 e. The lowest BCUT2D eigenvalue weighted by Crippen LogP contribution is -3.00. The number of carboxylic acid groups (broad SMARTS) is 1. The van der Waals surface area contributed by atoms with Gasteiger partial charge in [0.25, 0.3) is 0 Å². The van der Waals surface area contributed by atoms with Crippen LogP contribution in [-0.2, 0) is 6.16 Å². The lowest BCUT2D eigenvalue weighted by molar-refractivity contribution is -0.0000230. The summed E-state index contributed by atoms with van der Waals surface area (Å²) in [4.78, 5) is 11.2. The van der Waals surface area contributed by atoms with E-state index in [-0.39, 0.29) is 28.7 Å². The predicted octanol–water partition coefficient (Wildman–Crippen LogP) is 2.16. The number of carbonyl (C=O) groups is 1. The van der Waals surface area contributed by atoms with Gasteiger partial charge in [-0.2, -0.15) is 0 Å². The van der Waals surface area contributed by atoms with Gasteiger partial charge in [-0.25, -0.2) is 13.6 Å². The highest BCUT2D eigenvalue weighted by atomic mass is 79.9. The smallest absolute Gasteiger partial charge is 0.338 e. The third-order valence-electron chi connectivity index (χ3n) is 5.39. The summed E-state index contributed by atoms with van der Waals surface area (Å²) in [6.45, 7) is 0. The molecular weight excluding hydrogens is 493 g/mol. The van der Waals surface area contributed by atoms with Gasteiger partial charge in [0.1, 0.15) is 29.3 Å². The van der Waals surface area contributed by atoms with E-state index in [4.69, 9.17) is 5.11 Å². The summed E-state index contributed by atoms with van der Waals surface area (Å²) in [6.07, 6.45) is 0.230. The van der Waals surface area contributed by atoms with Crippen molar-refractivity contribution in [1.82, 2.24) is 0 Å². The van der Waals surface area contributed by atoms with E-state index in [1.165, 1.54) is 6.07 Å². The van der Waals surface area contributed by atoms with Crippen molar-refractivity contribution in [3.05, 3.63) is 126 Å². The summed E-state index contributed by atoms with van der Waals surface area (Å²) in [7, 11) is -2.41. The SMILES string of the molecule is O=C(O)c1ccc(C[P+](c2ccccc2)(c2ccccc2)c2ccccc2)c(F)c1F.[Br-]. The molecule has 0 heterocycles. The van der Waals surface area contributed by atoms with Crippen molar-refractivity contribution in [3.8, 4) is 0 Å². The second-order valence-electron chi connectivity index (χ2n) is 7.18. The Bertz CT molecular complexity index is 1110. The van der Waals surface area contributed by atoms with Crippen molar-refractivity contribution in [2.24, 2.45) is 0 Å². The van der Waals surface area contributed by atoms with E-state index in [2.05, 4.69) is 0 Å². The molecule has 0 amide bonds. The number of halogens is 3. The minimum Gasteiger partial charge on any atom is -1.00 e. The Hall–Kier alpha value is -2.88. The Balaban J connectivity index is 0.00000289. The van der Waals surface area contributed by atoms with Crippen LogP contribution in [0.25, 0.3) is 0 Å². The van der Waals surface area contributed by atoms with E-state index < -0.39 is 30.4 Å². The molecule has 0 fully saturated rings. The summed E-state index contributed by atoms with van der Waals surface area (Å²) in [5, 5.41) is 12.3. The van der Waals surface area contributed by atoms with Gasteiger partial charge in [-0.05, 0) is 42.5 Å². The fraction of sp³-hybridized carbons (Fsp3) is 0.0385. The van der Waals surface area contributed by atoms with Crippen LogP contribution < -0.4 is 32.9 Å². The average molecular weight is 513 g/mol. The fourth-order valence-electron chi connectivity index (χ4n) is 3.90. The van der Waals surface area contributed by atoms with E-state index in [0.717, 1.165) is 22.0 Å². The molecule has 6 heteroatoms. The molecule has 0 bridgehead atoms. The van der Waals surface area contributed by atoms with Crippen molar-refractivity contribution in [2.45, 2.75) is 6.16 Å². The normalized spacial score (nSPS) is 10.9. The second kappa shape index (κ2) is 10.2. The van der Waals surface area contributed by atoms with E-state index in [9.17, 15) is 9.18 Å². The van der Waals surface area contributed by atoms with Gasteiger partial charge in [-0.3, -0.25) is 0 Å². The molecule has 0 aliphatic rings. The highest BCUT2D eigenvalue weighted by Crippen LogP contribution is 2.58. The Morgan fingerprint density at radius 1 is 0.656 bits per heavy atom. The number of hydrogen-bond donors (Lipinski definition) is 1. The van der Waals surface area contributed by atoms with E-state index in [0.29, 0.717) is 0 Å². The van der Waals surface area contributed by atoms with Crippen LogP contribution in [0.4, 0.5) is 8.78 Å². The molecule has 32 heavy (non-hydrogen) atoms. The first-order chi connectivity index (χ1) is 15.0. The molecular formula is C26H20BrF2O2P. The molecule has 0 aliphatic heterocycles. The van der Waals surface area contributed by atoms with Crippen molar-refractivity contribution in [1.29, 1.82) is 0 Å². The molecule has 0 aromatic heterocycles. The maximum absolute atomic E-state index is 15.1. The molecule has 0 radical (unpaired) electrons. The Kier molecular flexibility index (Phi) is 7.55. The van der Waals surface area contributed by atoms with Gasteiger partial charge >= 0.3 is 5.97 Å². The van der Waals surface area contributed by atoms with Gasteiger partial charge in [0, 0.05) is 5.56 Å². The molecule has 0 saturated carbocycles. The predicted molar refractivity (Wildman–Crippen MR) is 122 cm³/mol. The average Bonchev–Trinajstić information content (AvgIpc) is 2.81. The van der Waals surface area contributed by atoms with Gasteiger partial charge in [0.05, 0.1) is 5.56 Å². The highest BCUT2D eigenvalue weighted by molar-refractivity contribution is 7.95. The van der Waals surface area contributed by atoms with Crippen molar-refractivity contribution >= 4 is 29.1 Å². The van der Waals surface area contributed by atoms with Crippen LogP contribution in [0.1, 0.15) is 15.9 Å². The fourth-order valence-corrected chi connectivity index (χ4v) is 8.14. The maximum atomic E-state index is 15.1. The van der Waals surface area contributed by atoms with Gasteiger partial charge in [0.15, 0.2) is 11.6 Å². The van der Waals surface area contributed by atoms with E-state index in [1.807, 2.05) is 91.0 Å². The van der Waals surface area contributed by atoms with Crippen LogP contribution in [0.15, 0.2) is 103 Å². The lowest BCUT2D eigenvalue weighted by Gasteiger charge is -2.28. The van der Waals surface area contributed by atoms with Gasteiger partial charge < -0.3 is 22.1 Å². The Labute approximate surface area is 196 Å². The van der Waals surface area contributed by atoms with Crippen LogP contribution in [0.2, 0.25) is 0 Å². The lowest BCUT2D eigenvalue weighted by atomic mass is 10.1. The van der Waals surface area contributed by atoms with Crippen LogP contribution in [0, 0.1) is 11.6 Å². The monoisotopic (exact) mass is 512 g/mol. The van der Waals surface area contributed by atoms with E-state index >= 15 is 4.39 Å². The topological polar surface area (TPSA) is 37.3 Å². The molecule has 162 valence electrons. The van der Waals surface area contributed by atoms with Crippen LogP contribution in [0.5, 0.6) is 0 Å². The first-order valence-corrected chi connectivity index (χ1v) is 11.8. The zero-order chi connectivity index (χ0) is 21.8. The van der Waals surface area contributed by atoms with E-state index in [1.54, 1.807) is 0 Å². The van der Waals surface area contributed by atoms with Crippen LogP contribution >= 0.6 is 7.26 Å². The molecule has 4 rings (SSSR count). The molecule has 0 saturated heterocycles. The Morgan fingerprint density at radius 2 is 1.06 bits per heavy atom. The van der Waals surface area contributed by atoms with Gasteiger partial charge in [-0.1, -0.05) is 60.7 Å². The molecule has 4 aromatic rings. The van der Waals surface area contributed by atoms with Gasteiger partial charge in [0.2, 0.25) is 0 Å². The molecule has 0 unspecified atom stereocenters. The van der Waals surface area contributed by atoms with Crippen LogP contribution in [0.3, 0.4) is 0 Å². The minimum absolute atomic E-state index is 0. The van der Waals surface area contributed by atoms with Crippen molar-refractivity contribution in [3.63, 3.8) is 0 Å². The third-order valence-corrected chi connectivity index (χ3v) is 9.75. The summed E-state index contributed by atoms with van der Waals surface area (Å²) in [5.74, 6) is -3.91. The first-order valence-electron chi connectivity index (χ1n) is 9.79. The summed E-state index contributed by atoms with van der Waals surface area (Å²) in [5.41, 5.74) is -0.503. The Morgan fingerprint density at radius 3 is 1.44 bits per heavy atom. The van der Waals surface area contributed by atoms with Gasteiger partial charge in [-0.15, -0.1) is 0 Å². The summed E-state index contributed by atoms with van der Waals surface area (Å²) in [6, 6.07) is 32.1. The number of aromatic carboxylic acids is 1. The third kappa shape index (κ3) is 4.36. The van der Waals surface area contributed by atoms with Crippen molar-refractivity contribution in [2.75, 3.05) is 0 Å². The molecule has 0 aliphatic carbocycles. The van der Waals surface area contributed by atoms with Crippen LogP contribution in [-0.4, -0.2) is 11.1 Å². The second-order valence-corrected chi connectivity index (χ2v) is 10.7. The minimum atomic E-state index is -2.41. The number of carboxylic acids is 1. The zero-order valence-electron chi connectivity index (χ0n) is 17.0.